The van der Waals surface area contributed by atoms with Gasteiger partial charge in [-0.05, 0) is 99.9 Å². The molecule has 14 nitrogen and oxygen atoms in total. The van der Waals surface area contributed by atoms with E-state index in [9.17, 15) is 24.0 Å². The number of benzene rings is 3. The third kappa shape index (κ3) is 9.21. The number of hydrogen-bond acceptors (Lipinski definition) is 8. The molecule has 1 aliphatic rings. The van der Waals surface area contributed by atoms with Gasteiger partial charge in [0.2, 0.25) is 5.91 Å². The molecule has 6 rings (SSSR count). The van der Waals surface area contributed by atoms with Gasteiger partial charge in [0, 0.05) is 65.3 Å². The van der Waals surface area contributed by atoms with E-state index in [2.05, 4.69) is 50.1 Å². The molecule has 0 radical (unpaired) electrons. The summed E-state index contributed by atoms with van der Waals surface area (Å²) in [5.41, 5.74) is 5.84. The molecule has 0 saturated carbocycles. The number of nitrogens with zero attached hydrogens (tertiary/aromatic N) is 3. The standard InChI is InChI=1S/C42H46N8O6/c1-5-49(6-2)21-20-43-41(54)39-26(3)35(45-27(39)4)24-33-32-23-31(18-19-34(32)48-40(33)53)56-38(52)15-11-10-14-37(51)50-36-22-30(17-16-28(36)25-44-50)47-42(55)46-29-12-8-7-9-13-29/h7-9,12-13,16-19,22-25,45H,5-6,10-11,14-15,20-21H2,1-4H3,(H,43,54)(H,48,53)(H2,46,47,55)/b33-24-. The maximum absolute atomic E-state index is 13.1. The largest absolute Gasteiger partial charge is 0.427 e. The lowest BCUT2D eigenvalue weighted by molar-refractivity contribution is -0.134. The van der Waals surface area contributed by atoms with Crippen molar-refractivity contribution in [2.75, 3.05) is 42.1 Å². The van der Waals surface area contributed by atoms with Crippen LogP contribution in [0.15, 0.2) is 72.9 Å². The van der Waals surface area contributed by atoms with Gasteiger partial charge in [-0.1, -0.05) is 32.0 Å². The number of para-hydroxylation sites is 1. The molecule has 290 valence electrons. The van der Waals surface area contributed by atoms with Gasteiger partial charge in [-0.25, -0.2) is 9.48 Å². The summed E-state index contributed by atoms with van der Waals surface area (Å²) in [4.78, 5) is 70.0. The number of unbranched alkanes of at least 4 members (excludes halogenated alkanes) is 1. The fourth-order valence-corrected chi connectivity index (χ4v) is 6.68. The van der Waals surface area contributed by atoms with E-state index in [0.717, 1.165) is 30.6 Å². The fourth-order valence-electron chi connectivity index (χ4n) is 6.68. The number of carbonyl (C=O) groups is 5. The Labute approximate surface area is 324 Å². The van der Waals surface area contributed by atoms with Gasteiger partial charge in [0.05, 0.1) is 22.9 Å². The van der Waals surface area contributed by atoms with E-state index in [4.69, 9.17) is 4.74 Å². The number of ether oxygens (including phenoxy) is 1. The Balaban J connectivity index is 1.02. The molecule has 5 N–H and O–H groups in total. The summed E-state index contributed by atoms with van der Waals surface area (Å²) in [5, 5.41) is 16.4. The zero-order chi connectivity index (χ0) is 39.8. The Kier molecular flexibility index (Phi) is 12.4. The zero-order valence-electron chi connectivity index (χ0n) is 32.0. The lowest BCUT2D eigenvalue weighted by Gasteiger charge is -2.18. The zero-order valence-corrected chi connectivity index (χ0v) is 32.0. The number of nitrogens with one attached hydrogen (secondary N) is 5. The van der Waals surface area contributed by atoms with E-state index in [1.54, 1.807) is 60.8 Å². The number of amides is 4. The number of aromatic amines is 1. The lowest BCUT2D eigenvalue weighted by atomic mass is 10.0. The number of likely N-dealkylation sites (N-methyl/N-ethyl adjacent to an activating group) is 1. The van der Waals surface area contributed by atoms with Crippen molar-refractivity contribution < 1.29 is 28.7 Å². The average molecular weight is 759 g/mol. The molecule has 0 atom stereocenters. The number of esters is 1. The second kappa shape index (κ2) is 17.7. The lowest BCUT2D eigenvalue weighted by Crippen LogP contribution is -2.35. The van der Waals surface area contributed by atoms with E-state index in [-0.39, 0.29) is 36.3 Å². The molecule has 3 aromatic carbocycles. The topological polar surface area (TPSA) is 180 Å². The molecule has 3 heterocycles. The normalized spacial score (nSPS) is 12.8. The average Bonchev–Trinajstić information content (AvgIpc) is 3.83. The van der Waals surface area contributed by atoms with Crippen LogP contribution in [0.1, 0.15) is 77.2 Å². The van der Waals surface area contributed by atoms with Gasteiger partial charge in [-0.3, -0.25) is 19.2 Å². The molecule has 2 aromatic heterocycles. The van der Waals surface area contributed by atoms with Crippen LogP contribution in [0.3, 0.4) is 0 Å². The monoisotopic (exact) mass is 758 g/mol. The first kappa shape index (κ1) is 39.2. The summed E-state index contributed by atoms with van der Waals surface area (Å²) < 4.78 is 6.93. The van der Waals surface area contributed by atoms with E-state index < -0.39 is 12.0 Å². The van der Waals surface area contributed by atoms with Crippen LogP contribution in [0.2, 0.25) is 0 Å². The van der Waals surface area contributed by atoms with Crippen molar-refractivity contribution in [3.8, 4) is 5.75 Å². The molecule has 0 fully saturated rings. The predicted octanol–water partition coefficient (Wildman–Crippen LogP) is 7.00. The first-order valence-corrected chi connectivity index (χ1v) is 18.8. The first-order chi connectivity index (χ1) is 27.0. The maximum atomic E-state index is 13.1. The van der Waals surface area contributed by atoms with Crippen molar-refractivity contribution in [3.63, 3.8) is 0 Å². The van der Waals surface area contributed by atoms with Crippen LogP contribution in [0.5, 0.6) is 5.75 Å². The van der Waals surface area contributed by atoms with Crippen LogP contribution in [-0.4, -0.2) is 75.6 Å². The number of aromatic nitrogens is 3. The molecule has 14 heteroatoms. The maximum Gasteiger partial charge on any atom is 0.323 e. The Hall–Kier alpha value is -6.54. The number of carbonyl (C=O) groups excluding carboxylic acids is 5. The number of rotatable bonds is 15. The highest BCUT2D eigenvalue weighted by atomic mass is 16.5. The van der Waals surface area contributed by atoms with Crippen LogP contribution >= 0.6 is 0 Å². The van der Waals surface area contributed by atoms with Crippen molar-refractivity contribution in [1.82, 2.24) is 25.0 Å². The van der Waals surface area contributed by atoms with Crippen LogP contribution < -0.4 is 26.0 Å². The van der Waals surface area contributed by atoms with E-state index in [1.807, 2.05) is 32.0 Å². The third-order valence-corrected chi connectivity index (χ3v) is 9.72. The molecule has 5 aromatic rings. The van der Waals surface area contributed by atoms with Crippen LogP contribution in [0, 0.1) is 13.8 Å². The highest BCUT2D eigenvalue weighted by molar-refractivity contribution is 6.35. The van der Waals surface area contributed by atoms with Gasteiger partial charge in [0.15, 0.2) is 0 Å². The molecule has 0 saturated heterocycles. The summed E-state index contributed by atoms with van der Waals surface area (Å²) in [6.45, 7) is 10.9. The summed E-state index contributed by atoms with van der Waals surface area (Å²) >= 11 is 0. The molecular weight excluding hydrogens is 713 g/mol. The first-order valence-electron chi connectivity index (χ1n) is 18.8. The van der Waals surface area contributed by atoms with Gasteiger partial charge >= 0.3 is 12.0 Å². The molecular formula is C42H46N8O6. The smallest absolute Gasteiger partial charge is 0.323 e. The number of hydrogen-bond donors (Lipinski definition) is 5. The second-order valence-electron chi connectivity index (χ2n) is 13.5. The van der Waals surface area contributed by atoms with Gasteiger partial charge in [0.1, 0.15) is 5.75 Å². The van der Waals surface area contributed by atoms with E-state index in [1.165, 1.54) is 4.68 Å². The Bertz CT molecular complexity index is 2300. The number of urea groups is 1. The fraction of sp³-hybridized carbons (Fsp3) is 0.286. The second-order valence-corrected chi connectivity index (χ2v) is 13.5. The minimum Gasteiger partial charge on any atom is -0.427 e. The van der Waals surface area contributed by atoms with Gasteiger partial charge in [0.25, 0.3) is 11.8 Å². The molecule has 4 amide bonds. The van der Waals surface area contributed by atoms with Crippen molar-refractivity contribution >= 4 is 69.3 Å². The molecule has 56 heavy (non-hydrogen) atoms. The molecule has 0 spiro atoms. The van der Waals surface area contributed by atoms with Crippen LogP contribution in [0.25, 0.3) is 22.6 Å². The SMILES string of the molecule is CCN(CC)CCNC(=O)c1c(C)[nH]c(/C=C2\C(=O)Nc3ccc(OC(=O)CCCCC(=O)n4ncc5ccc(NC(=O)Nc6ccccc6)cc54)cc32)c1C. The van der Waals surface area contributed by atoms with Gasteiger partial charge in [-0.15, -0.1) is 0 Å². The van der Waals surface area contributed by atoms with Crippen LogP contribution in [-0.2, 0) is 9.59 Å². The number of anilines is 3. The minimum absolute atomic E-state index is 0.0788. The van der Waals surface area contributed by atoms with Crippen molar-refractivity contribution in [2.45, 2.75) is 53.4 Å². The summed E-state index contributed by atoms with van der Waals surface area (Å²) in [6, 6.07) is 18.8. The minimum atomic E-state index is -0.471. The van der Waals surface area contributed by atoms with Crippen molar-refractivity contribution in [2.24, 2.45) is 0 Å². The number of fused-ring (bicyclic) bond motifs is 2. The molecule has 0 unspecified atom stereocenters. The quantitative estimate of drug-likeness (QED) is 0.0328. The van der Waals surface area contributed by atoms with E-state index >= 15 is 0 Å². The van der Waals surface area contributed by atoms with Crippen molar-refractivity contribution in [3.05, 3.63) is 101 Å². The summed E-state index contributed by atoms with van der Waals surface area (Å²) in [5.74, 6) is -0.918. The highest BCUT2D eigenvalue weighted by Gasteiger charge is 2.27. The van der Waals surface area contributed by atoms with Gasteiger partial charge in [-0.2, -0.15) is 5.10 Å². The number of H-pyrrole nitrogens is 1. The summed E-state index contributed by atoms with van der Waals surface area (Å²) in [7, 11) is 0. The molecule has 0 aliphatic carbocycles. The number of aryl methyl sites for hydroxylation is 1. The van der Waals surface area contributed by atoms with E-state index in [0.29, 0.717) is 70.1 Å². The molecule has 0 bridgehead atoms. The Morgan fingerprint density at radius 3 is 2.43 bits per heavy atom. The molecule has 1 aliphatic heterocycles. The van der Waals surface area contributed by atoms with Crippen molar-refractivity contribution in [1.29, 1.82) is 0 Å². The predicted molar refractivity (Wildman–Crippen MR) is 217 cm³/mol. The highest BCUT2D eigenvalue weighted by Crippen LogP contribution is 2.36. The van der Waals surface area contributed by atoms with Crippen LogP contribution in [0.4, 0.5) is 21.9 Å². The van der Waals surface area contributed by atoms with Gasteiger partial charge < -0.3 is 35.9 Å². The Morgan fingerprint density at radius 2 is 1.66 bits per heavy atom. The summed E-state index contributed by atoms with van der Waals surface area (Å²) in [6.07, 6.45) is 4.35. The third-order valence-electron chi connectivity index (χ3n) is 9.72. The Morgan fingerprint density at radius 1 is 0.911 bits per heavy atom.